The van der Waals surface area contributed by atoms with E-state index in [0.717, 1.165) is 25.2 Å². The first kappa shape index (κ1) is 16.8. The van der Waals surface area contributed by atoms with Crippen LogP contribution in [0.5, 0.6) is 0 Å². The molecule has 0 bridgehead atoms. The number of anilines is 1. The van der Waals surface area contributed by atoms with E-state index in [0.29, 0.717) is 12.1 Å². The van der Waals surface area contributed by atoms with Gasteiger partial charge < -0.3 is 9.80 Å². The highest BCUT2D eigenvalue weighted by molar-refractivity contribution is 5.74. The predicted octanol–water partition coefficient (Wildman–Crippen LogP) is 3.78. The van der Waals surface area contributed by atoms with Crippen LogP contribution in [0.3, 0.4) is 0 Å². The molecule has 1 aliphatic heterocycles. The van der Waals surface area contributed by atoms with Gasteiger partial charge in [0.1, 0.15) is 5.82 Å². The van der Waals surface area contributed by atoms with Gasteiger partial charge in [0.05, 0.1) is 6.04 Å². The van der Waals surface area contributed by atoms with Crippen molar-refractivity contribution in [3.05, 3.63) is 23.9 Å². The first-order valence-corrected chi connectivity index (χ1v) is 8.44. The summed E-state index contributed by atoms with van der Waals surface area (Å²) >= 11 is 0. The van der Waals surface area contributed by atoms with E-state index in [-0.39, 0.29) is 11.9 Å². The minimum absolute atomic E-state index is 0.162. The van der Waals surface area contributed by atoms with Gasteiger partial charge in [-0.2, -0.15) is 0 Å². The van der Waals surface area contributed by atoms with Crippen LogP contribution in [0.1, 0.15) is 65.5 Å². The minimum Gasteiger partial charge on any atom is -0.351 e. The molecule has 0 aromatic carbocycles. The Morgan fingerprint density at radius 2 is 1.95 bits per heavy atom. The molecule has 2 heterocycles. The number of hydrogen-bond donors (Lipinski definition) is 0. The summed E-state index contributed by atoms with van der Waals surface area (Å²) in [4.78, 5) is 21.1. The molecule has 4 nitrogen and oxygen atoms in total. The van der Waals surface area contributed by atoms with Gasteiger partial charge in [-0.1, -0.05) is 6.07 Å². The second-order valence-electron chi connectivity index (χ2n) is 6.73. The third-order valence-electron chi connectivity index (χ3n) is 4.44. The molecule has 1 unspecified atom stereocenters. The zero-order chi connectivity index (χ0) is 16.3. The van der Waals surface area contributed by atoms with Crippen LogP contribution in [-0.4, -0.2) is 34.4 Å². The summed E-state index contributed by atoms with van der Waals surface area (Å²) in [5, 5.41) is 0. The van der Waals surface area contributed by atoms with Crippen LogP contribution < -0.4 is 4.90 Å². The van der Waals surface area contributed by atoms with Crippen LogP contribution in [-0.2, 0) is 4.79 Å². The van der Waals surface area contributed by atoms with E-state index in [2.05, 4.69) is 43.6 Å². The van der Waals surface area contributed by atoms with Crippen LogP contribution in [0, 0.1) is 0 Å². The quantitative estimate of drug-likeness (QED) is 0.849. The minimum atomic E-state index is 0.162. The van der Waals surface area contributed by atoms with E-state index in [1.165, 1.54) is 12.0 Å². The van der Waals surface area contributed by atoms with Gasteiger partial charge in [0, 0.05) is 37.3 Å². The Labute approximate surface area is 134 Å². The smallest absolute Gasteiger partial charge is 0.219 e. The van der Waals surface area contributed by atoms with Crippen molar-refractivity contribution >= 4 is 11.7 Å². The maximum absolute atomic E-state index is 12.0. The van der Waals surface area contributed by atoms with Crippen LogP contribution >= 0.6 is 0 Å². The number of carbonyl (C=O) groups excluding carboxylic acids is 1. The van der Waals surface area contributed by atoms with Gasteiger partial charge in [-0.15, -0.1) is 0 Å². The monoisotopic (exact) mass is 303 g/mol. The number of nitrogens with zero attached hydrogens (tertiary/aromatic N) is 3. The molecule has 0 saturated carbocycles. The van der Waals surface area contributed by atoms with Crippen LogP contribution in [0.15, 0.2) is 18.3 Å². The van der Waals surface area contributed by atoms with Crippen molar-refractivity contribution in [3.63, 3.8) is 0 Å². The molecule has 0 spiro atoms. The lowest BCUT2D eigenvalue weighted by Crippen LogP contribution is -2.41. The number of rotatable bonds is 4. The van der Waals surface area contributed by atoms with Gasteiger partial charge in [-0.05, 0) is 53.0 Å². The first-order chi connectivity index (χ1) is 10.4. The third-order valence-corrected chi connectivity index (χ3v) is 4.44. The van der Waals surface area contributed by atoms with E-state index in [1.54, 1.807) is 6.92 Å². The number of likely N-dealkylation sites (tertiary alicyclic amines) is 1. The summed E-state index contributed by atoms with van der Waals surface area (Å²) in [6.07, 6.45) is 5.16. The number of amides is 1. The molecule has 1 saturated heterocycles. The van der Waals surface area contributed by atoms with Gasteiger partial charge in [-0.25, -0.2) is 4.98 Å². The van der Waals surface area contributed by atoms with Crippen LogP contribution in [0.2, 0.25) is 0 Å². The first-order valence-electron chi connectivity index (χ1n) is 8.44. The number of hydrogen-bond acceptors (Lipinski definition) is 3. The van der Waals surface area contributed by atoms with Crippen molar-refractivity contribution in [1.29, 1.82) is 0 Å². The highest BCUT2D eigenvalue weighted by atomic mass is 16.2. The Morgan fingerprint density at radius 3 is 2.55 bits per heavy atom. The largest absolute Gasteiger partial charge is 0.351 e. The molecule has 0 aliphatic carbocycles. The number of piperidine rings is 1. The highest BCUT2D eigenvalue weighted by Gasteiger charge is 2.30. The molecule has 0 N–H and O–H groups in total. The Balaban J connectivity index is 2.44. The topological polar surface area (TPSA) is 36.4 Å². The summed E-state index contributed by atoms with van der Waals surface area (Å²) in [7, 11) is 0. The fourth-order valence-electron chi connectivity index (χ4n) is 3.60. The maximum atomic E-state index is 12.0. The fraction of sp³-hybridized carbons (Fsp3) is 0.667. The average Bonchev–Trinajstić information content (AvgIpc) is 2.47. The molecule has 2 rings (SSSR count). The molecule has 0 radical (unpaired) electrons. The van der Waals surface area contributed by atoms with E-state index < -0.39 is 0 Å². The molecular formula is C18H29N3O. The molecule has 1 aromatic rings. The molecule has 1 aliphatic rings. The van der Waals surface area contributed by atoms with Crippen molar-refractivity contribution < 1.29 is 4.79 Å². The van der Waals surface area contributed by atoms with Crippen molar-refractivity contribution in [2.24, 2.45) is 0 Å². The molecule has 1 amide bonds. The molecule has 1 aromatic heterocycles. The van der Waals surface area contributed by atoms with Gasteiger partial charge in [0.2, 0.25) is 5.91 Å². The van der Waals surface area contributed by atoms with Crippen molar-refractivity contribution in [3.8, 4) is 0 Å². The Hall–Kier alpha value is -1.58. The maximum Gasteiger partial charge on any atom is 0.219 e. The lowest BCUT2D eigenvalue weighted by atomic mass is 9.94. The Kier molecular flexibility index (Phi) is 5.43. The number of aromatic nitrogens is 1. The summed E-state index contributed by atoms with van der Waals surface area (Å²) < 4.78 is 0. The summed E-state index contributed by atoms with van der Waals surface area (Å²) in [6.45, 7) is 11.3. The molecule has 1 fully saturated rings. The van der Waals surface area contributed by atoms with Crippen LogP contribution in [0.4, 0.5) is 5.82 Å². The van der Waals surface area contributed by atoms with Gasteiger partial charge in [0.15, 0.2) is 0 Å². The third kappa shape index (κ3) is 3.42. The molecule has 122 valence electrons. The van der Waals surface area contributed by atoms with E-state index in [1.807, 2.05) is 17.2 Å². The fourth-order valence-corrected chi connectivity index (χ4v) is 3.60. The zero-order valence-corrected chi connectivity index (χ0v) is 14.5. The second-order valence-corrected chi connectivity index (χ2v) is 6.73. The highest BCUT2D eigenvalue weighted by Crippen LogP contribution is 2.36. The van der Waals surface area contributed by atoms with E-state index >= 15 is 0 Å². The lowest BCUT2D eigenvalue weighted by Gasteiger charge is -2.39. The van der Waals surface area contributed by atoms with E-state index in [4.69, 9.17) is 0 Å². The summed E-state index contributed by atoms with van der Waals surface area (Å²) in [5.41, 5.74) is 1.19. The molecule has 22 heavy (non-hydrogen) atoms. The van der Waals surface area contributed by atoms with Crippen molar-refractivity contribution in [2.45, 2.75) is 72.0 Å². The summed E-state index contributed by atoms with van der Waals surface area (Å²) in [6, 6.07) is 5.05. The zero-order valence-electron chi connectivity index (χ0n) is 14.5. The predicted molar refractivity (Wildman–Crippen MR) is 91.0 cm³/mol. The van der Waals surface area contributed by atoms with Crippen LogP contribution in [0.25, 0.3) is 0 Å². The molecule has 1 atom stereocenters. The van der Waals surface area contributed by atoms with Crippen molar-refractivity contribution in [2.75, 3.05) is 11.4 Å². The van der Waals surface area contributed by atoms with E-state index in [9.17, 15) is 4.79 Å². The number of pyridine rings is 1. The SMILES string of the molecule is CC(=O)N1CCCCC1c1cccnc1N(C(C)C)C(C)C. The Morgan fingerprint density at radius 1 is 1.27 bits per heavy atom. The van der Waals surface area contributed by atoms with Gasteiger partial charge in [-0.3, -0.25) is 4.79 Å². The van der Waals surface area contributed by atoms with Gasteiger partial charge >= 0.3 is 0 Å². The number of carbonyl (C=O) groups is 1. The summed E-state index contributed by atoms with van der Waals surface area (Å²) in [5.74, 6) is 1.20. The second kappa shape index (κ2) is 7.12. The Bertz CT molecular complexity index is 505. The van der Waals surface area contributed by atoms with Crippen molar-refractivity contribution in [1.82, 2.24) is 9.88 Å². The standard InChI is InChI=1S/C18H29N3O/c1-13(2)21(14(3)4)18-16(9-8-11-19-18)17-10-6-7-12-20(17)15(5)22/h8-9,11,13-14,17H,6-7,10,12H2,1-5H3. The average molecular weight is 303 g/mol. The molecular weight excluding hydrogens is 274 g/mol. The van der Waals surface area contributed by atoms with Gasteiger partial charge in [0.25, 0.3) is 0 Å². The lowest BCUT2D eigenvalue weighted by molar-refractivity contribution is -0.132. The molecule has 4 heteroatoms. The normalized spacial score (nSPS) is 18.9.